The Bertz CT molecular complexity index is 1040. The first-order valence-corrected chi connectivity index (χ1v) is 14.0. The van der Waals surface area contributed by atoms with E-state index in [0.717, 1.165) is 50.6 Å². The van der Waals surface area contributed by atoms with Crippen LogP contribution in [0.4, 0.5) is 0 Å². The summed E-state index contributed by atoms with van der Waals surface area (Å²) in [6, 6.07) is 19.3. The van der Waals surface area contributed by atoms with Gasteiger partial charge in [0.15, 0.2) is 0 Å². The average molecular weight is 561 g/mol. The van der Waals surface area contributed by atoms with Crippen LogP contribution in [0.15, 0.2) is 54.6 Å². The van der Waals surface area contributed by atoms with Crippen LogP contribution in [-0.4, -0.2) is 73.5 Å². The number of amides is 1. The van der Waals surface area contributed by atoms with Crippen molar-refractivity contribution in [1.82, 2.24) is 14.7 Å². The van der Waals surface area contributed by atoms with Gasteiger partial charge in [-0.25, -0.2) is 0 Å². The summed E-state index contributed by atoms with van der Waals surface area (Å²) in [4.78, 5) is 21.0. The van der Waals surface area contributed by atoms with Crippen molar-refractivity contribution in [3.8, 4) is 5.75 Å². The van der Waals surface area contributed by atoms with E-state index in [0.29, 0.717) is 24.3 Å². The third kappa shape index (κ3) is 6.33. The number of rotatable bonds is 8. The van der Waals surface area contributed by atoms with Crippen molar-refractivity contribution in [3.05, 3.63) is 65.7 Å². The van der Waals surface area contributed by atoms with Crippen LogP contribution in [0.1, 0.15) is 49.1 Å². The van der Waals surface area contributed by atoms with Crippen molar-refractivity contribution >= 4 is 30.7 Å². The quantitative estimate of drug-likeness (QED) is 0.429. The molecule has 2 unspecified atom stereocenters. The van der Waals surface area contributed by atoms with Gasteiger partial charge in [-0.15, -0.1) is 24.8 Å². The molecule has 1 aliphatic carbocycles. The summed E-state index contributed by atoms with van der Waals surface area (Å²) >= 11 is 0. The van der Waals surface area contributed by atoms with Crippen LogP contribution >= 0.6 is 24.8 Å². The maximum absolute atomic E-state index is 13.5. The van der Waals surface area contributed by atoms with Crippen molar-refractivity contribution in [2.24, 2.45) is 17.3 Å². The lowest BCUT2D eigenvalue weighted by Crippen LogP contribution is -2.46. The molecule has 1 amide bonds. The monoisotopic (exact) mass is 559 g/mol. The zero-order chi connectivity index (χ0) is 24.5. The largest absolute Gasteiger partial charge is 0.497 e. The Morgan fingerprint density at radius 1 is 0.842 bits per heavy atom. The topological polar surface area (TPSA) is 36.0 Å². The highest BCUT2D eigenvalue weighted by molar-refractivity contribution is 5.86. The van der Waals surface area contributed by atoms with E-state index < -0.39 is 0 Å². The zero-order valence-electron chi connectivity index (χ0n) is 22.6. The minimum atomic E-state index is -0.129. The lowest BCUT2D eigenvalue weighted by Gasteiger charge is -2.39. The molecule has 6 rings (SSSR count). The summed E-state index contributed by atoms with van der Waals surface area (Å²) in [6.07, 6.45) is 5.89. The van der Waals surface area contributed by atoms with E-state index in [2.05, 4.69) is 57.2 Å². The van der Waals surface area contributed by atoms with Gasteiger partial charge in [0.25, 0.3) is 0 Å². The van der Waals surface area contributed by atoms with Crippen LogP contribution in [0.5, 0.6) is 5.75 Å². The fourth-order valence-corrected chi connectivity index (χ4v) is 6.99. The van der Waals surface area contributed by atoms with Crippen molar-refractivity contribution < 1.29 is 9.53 Å². The second kappa shape index (κ2) is 12.6. The zero-order valence-corrected chi connectivity index (χ0v) is 24.2. The molecule has 4 fully saturated rings. The van der Waals surface area contributed by atoms with Crippen LogP contribution < -0.4 is 4.74 Å². The molecule has 3 heterocycles. The van der Waals surface area contributed by atoms with E-state index in [9.17, 15) is 4.79 Å². The van der Waals surface area contributed by atoms with Gasteiger partial charge in [-0.3, -0.25) is 4.79 Å². The predicted octanol–water partition coefficient (Wildman–Crippen LogP) is 5.48. The molecule has 7 heteroatoms. The lowest BCUT2D eigenvalue weighted by molar-refractivity contribution is -0.139. The van der Waals surface area contributed by atoms with E-state index in [1.54, 1.807) is 7.11 Å². The minimum Gasteiger partial charge on any atom is -0.497 e. The van der Waals surface area contributed by atoms with Crippen LogP contribution in [0.25, 0.3) is 0 Å². The first-order chi connectivity index (χ1) is 17.6. The first kappa shape index (κ1) is 29.2. The number of halogens is 2. The highest BCUT2D eigenvalue weighted by atomic mass is 35.5. The molecule has 208 valence electrons. The average Bonchev–Trinajstić information content (AvgIpc) is 3.58. The standard InChI is InChI=1S/C31H41N3O2.2ClH/c1-36-28-11-9-25(10-12-28)20-34-18-15-31(30(34)35)13-16-32(17-14-31)21-27-22-33(19-24-7-8-24)23-29(27)26-5-3-2-4-6-26;;/h2-6,9-12,24,27,29H,7-8,13-23H2,1H3;2*1H. The number of benzene rings is 2. The second-order valence-electron chi connectivity index (χ2n) is 11.8. The Morgan fingerprint density at radius 3 is 2.18 bits per heavy atom. The number of methoxy groups -OCH3 is 1. The van der Waals surface area contributed by atoms with Crippen LogP contribution in [0, 0.1) is 17.3 Å². The third-order valence-corrected chi connectivity index (χ3v) is 9.40. The molecule has 2 aromatic carbocycles. The van der Waals surface area contributed by atoms with Crippen molar-refractivity contribution in [2.45, 2.75) is 44.6 Å². The Hall–Kier alpha value is -1.79. The van der Waals surface area contributed by atoms with Gasteiger partial charge in [0.05, 0.1) is 12.5 Å². The maximum Gasteiger partial charge on any atom is 0.229 e. The predicted molar refractivity (Wildman–Crippen MR) is 157 cm³/mol. The molecule has 0 bridgehead atoms. The summed E-state index contributed by atoms with van der Waals surface area (Å²) in [6.45, 7) is 8.62. The van der Waals surface area contributed by atoms with Crippen LogP contribution in [-0.2, 0) is 11.3 Å². The fraction of sp³-hybridized carbons (Fsp3) is 0.581. The van der Waals surface area contributed by atoms with E-state index in [-0.39, 0.29) is 30.2 Å². The lowest BCUT2D eigenvalue weighted by atomic mass is 9.76. The Balaban J connectivity index is 0.00000168. The van der Waals surface area contributed by atoms with Gasteiger partial charge in [0.2, 0.25) is 5.91 Å². The number of nitrogens with zero attached hydrogens (tertiary/aromatic N) is 3. The Morgan fingerprint density at radius 2 is 1.53 bits per heavy atom. The van der Waals surface area contributed by atoms with Gasteiger partial charge in [-0.05, 0) is 80.3 Å². The van der Waals surface area contributed by atoms with Crippen LogP contribution in [0.2, 0.25) is 0 Å². The molecule has 0 N–H and O–H groups in total. The van der Waals surface area contributed by atoms with Gasteiger partial charge in [0.1, 0.15) is 5.75 Å². The SMILES string of the molecule is COc1ccc(CN2CCC3(CCN(CC4CN(CC5CC5)CC4c4ccccc4)CC3)C2=O)cc1.Cl.Cl. The third-order valence-electron chi connectivity index (χ3n) is 9.40. The van der Waals surface area contributed by atoms with Gasteiger partial charge in [0, 0.05) is 45.2 Å². The molecule has 38 heavy (non-hydrogen) atoms. The molecular formula is C31H43Cl2N3O2. The minimum absolute atomic E-state index is 0. The molecular weight excluding hydrogens is 517 g/mol. The summed E-state index contributed by atoms with van der Waals surface area (Å²) in [7, 11) is 1.69. The summed E-state index contributed by atoms with van der Waals surface area (Å²) in [5, 5.41) is 0. The number of likely N-dealkylation sites (tertiary alicyclic amines) is 3. The number of piperidine rings is 1. The Kier molecular flexibility index (Phi) is 9.67. The summed E-state index contributed by atoms with van der Waals surface area (Å²) in [5.41, 5.74) is 2.56. The highest BCUT2D eigenvalue weighted by Crippen LogP contribution is 2.43. The molecule has 1 spiro atoms. The van der Waals surface area contributed by atoms with E-state index in [1.165, 1.54) is 50.1 Å². The molecule has 4 aliphatic rings. The number of ether oxygens (including phenoxy) is 1. The normalized spacial score (nSPS) is 25.3. The fourth-order valence-electron chi connectivity index (χ4n) is 6.99. The van der Waals surface area contributed by atoms with E-state index in [1.807, 2.05) is 12.1 Å². The molecule has 3 saturated heterocycles. The van der Waals surface area contributed by atoms with Gasteiger partial charge in [-0.2, -0.15) is 0 Å². The molecule has 2 atom stereocenters. The number of hydrogen-bond acceptors (Lipinski definition) is 4. The Labute approximate surface area is 240 Å². The summed E-state index contributed by atoms with van der Waals surface area (Å²) in [5.74, 6) is 3.52. The second-order valence-corrected chi connectivity index (χ2v) is 11.8. The number of carbonyl (C=O) groups is 1. The number of hydrogen-bond donors (Lipinski definition) is 0. The molecule has 5 nitrogen and oxygen atoms in total. The maximum atomic E-state index is 13.5. The summed E-state index contributed by atoms with van der Waals surface area (Å²) < 4.78 is 5.28. The number of carbonyl (C=O) groups excluding carboxylic acids is 1. The van der Waals surface area contributed by atoms with Crippen molar-refractivity contribution in [2.75, 3.05) is 52.9 Å². The molecule has 2 aromatic rings. The van der Waals surface area contributed by atoms with E-state index in [4.69, 9.17) is 4.74 Å². The smallest absolute Gasteiger partial charge is 0.229 e. The van der Waals surface area contributed by atoms with E-state index >= 15 is 0 Å². The molecule has 1 saturated carbocycles. The van der Waals surface area contributed by atoms with Crippen LogP contribution in [0.3, 0.4) is 0 Å². The van der Waals surface area contributed by atoms with Gasteiger partial charge in [-0.1, -0.05) is 42.5 Å². The molecule has 0 radical (unpaired) electrons. The van der Waals surface area contributed by atoms with Gasteiger partial charge < -0.3 is 19.4 Å². The van der Waals surface area contributed by atoms with Crippen molar-refractivity contribution in [1.29, 1.82) is 0 Å². The first-order valence-electron chi connectivity index (χ1n) is 14.0. The molecule has 0 aromatic heterocycles. The molecule has 3 aliphatic heterocycles. The highest BCUT2D eigenvalue weighted by Gasteiger charge is 2.48. The van der Waals surface area contributed by atoms with Crippen molar-refractivity contribution in [3.63, 3.8) is 0 Å². The van der Waals surface area contributed by atoms with Gasteiger partial charge >= 0.3 is 0 Å².